The summed E-state index contributed by atoms with van der Waals surface area (Å²) in [4.78, 5) is 10.7. The Kier molecular flexibility index (Phi) is 5.89. The summed E-state index contributed by atoms with van der Waals surface area (Å²) < 4.78 is 48.6. The molecule has 0 radical (unpaired) electrons. The molecule has 0 aliphatic rings. The highest BCUT2D eigenvalue weighted by Gasteiger charge is 2.41. The normalized spacial score (nSPS) is 11.8. The van der Waals surface area contributed by atoms with Crippen LogP contribution in [0, 0.1) is 0 Å². The first-order valence-corrected chi connectivity index (χ1v) is 5.68. The van der Waals surface area contributed by atoms with E-state index in [1.807, 2.05) is 0 Å². The van der Waals surface area contributed by atoms with Gasteiger partial charge in [0.1, 0.15) is 0 Å². The van der Waals surface area contributed by atoms with Crippen LogP contribution in [0.25, 0.3) is 0 Å². The van der Waals surface area contributed by atoms with Crippen LogP contribution in [0.5, 0.6) is 0 Å². The van der Waals surface area contributed by atoms with Crippen molar-refractivity contribution in [3.63, 3.8) is 0 Å². The van der Waals surface area contributed by atoms with E-state index >= 15 is 0 Å². The lowest BCUT2D eigenvalue weighted by Gasteiger charge is -2.10. The number of hydrogen-bond donors (Lipinski definition) is 1. The molecule has 1 aromatic heterocycles. The minimum absolute atomic E-state index is 0.0325. The highest BCUT2D eigenvalue weighted by molar-refractivity contribution is 5.86. The molecule has 0 atom stereocenters. The molecule has 1 rings (SSSR count). The third-order valence-electron chi connectivity index (χ3n) is 2.29. The number of carbonyl (C=O) groups is 1. The lowest BCUT2D eigenvalue weighted by Crippen LogP contribution is -2.20. The zero-order valence-electron chi connectivity index (χ0n) is 10.7. The molecule has 114 valence electrons. The van der Waals surface area contributed by atoms with Gasteiger partial charge >= 0.3 is 12.1 Å². The Labute approximate surface area is 112 Å². The molecule has 0 spiro atoms. The Morgan fingerprint density at radius 1 is 1.35 bits per heavy atom. The first kappa shape index (κ1) is 16.4. The van der Waals surface area contributed by atoms with Crippen LogP contribution in [-0.4, -0.2) is 53.0 Å². The number of hydrogen-bond acceptors (Lipinski definition) is 5. The zero-order chi connectivity index (χ0) is 15.2. The Morgan fingerprint density at radius 2 is 2.05 bits per heavy atom. The number of alkyl halides is 3. The summed E-state index contributed by atoms with van der Waals surface area (Å²) in [5, 5.41) is 14.9. The molecule has 0 amide bonds. The molecular formula is C10H14F3N3O4. The Morgan fingerprint density at radius 3 is 2.60 bits per heavy atom. The van der Waals surface area contributed by atoms with Crippen LogP contribution in [0.3, 0.4) is 0 Å². The Balaban J connectivity index is 2.64. The largest absolute Gasteiger partial charge is 0.476 e. The van der Waals surface area contributed by atoms with Gasteiger partial charge in [-0.25, -0.2) is 9.48 Å². The number of rotatable bonds is 8. The number of ether oxygens (including phenoxy) is 2. The summed E-state index contributed by atoms with van der Waals surface area (Å²) in [5.41, 5.74) is -2.50. The molecule has 10 heteroatoms. The Bertz CT molecular complexity index is 447. The van der Waals surface area contributed by atoms with E-state index in [-0.39, 0.29) is 13.2 Å². The van der Waals surface area contributed by atoms with Crippen LogP contribution in [0.4, 0.5) is 13.2 Å². The van der Waals surface area contributed by atoms with Crippen LogP contribution in [0.1, 0.15) is 22.6 Å². The number of halogens is 3. The maximum Gasteiger partial charge on any atom is 0.435 e. The van der Waals surface area contributed by atoms with Gasteiger partial charge < -0.3 is 14.6 Å². The van der Waals surface area contributed by atoms with Crippen molar-refractivity contribution in [3.05, 3.63) is 11.4 Å². The molecule has 7 nitrogen and oxygen atoms in total. The standard InChI is InChI=1S/C10H14F3N3O4/c1-19-4-2-5-20-6-3-16-8(10(11,12)13)7(9(17)18)14-15-16/h2-6H2,1H3,(H,17,18). The maximum absolute atomic E-state index is 12.8. The SMILES string of the molecule is COCCCOCCn1nnc(C(=O)O)c1C(F)(F)F. The molecule has 1 N–H and O–H groups in total. The number of carboxylic acid groups (broad SMARTS) is 1. The van der Waals surface area contributed by atoms with Gasteiger partial charge in [-0.1, -0.05) is 5.21 Å². The fraction of sp³-hybridized carbons (Fsp3) is 0.700. The van der Waals surface area contributed by atoms with Crippen LogP contribution in [-0.2, 0) is 22.2 Å². The van der Waals surface area contributed by atoms with Crippen molar-refractivity contribution < 1.29 is 32.5 Å². The molecule has 0 aromatic carbocycles. The highest BCUT2D eigenvalue weighted by atomic mass is 19.4. The number of methoxy groups -OCH3 is 1. The second-order valence-corrected chi connectivity index (χ2v) is 3.77. The van der Waals surface area contributed by atoms with Crippen LogP contribution < -0.4 is 0 Å². The lowest BCUT2D eigenvalue weighted by molar-refractivity contribution is -0.145. The van der Waals surface area contributed by atoms with E-state index in [2.05, 4.69) is 10.3 Å². The average Bonchev–Trinajstić information content (AvgIpc) is 2.77. The van der Waals surface area contributed by atoms with E-state index in [1.54, 1.807) is 0 Å². The third kappa shape index (κ3) is 4.46. The van der Waals surface area contributed by atoms with Gasteiger partial charge in [0.25, 0.3) is 0 Å². The maximum atomic E-state index is 12.8. The predicted octanol–water partition coefficient (Wildman–Crippen LogP) is 1.05. The smallest absolute Gasteiger partial charge is 0.435 e. The number of nitrogens with zero attached hydrogens (tertiary/aromatic N) is 3. The van der Waals surface area contributed by atoms with Gasteiger partial charge in [-0.05, 0) is 6.42 Å². The van der Waals surface area contributed by atoms with E-state index < -0.39 is 23.5 Å². The van der Waals surface area contributed by atoms with Gasteiger partial charge in [0, 0.05) is 20.3 Å². The number of carboxylic acids is 1. The third-order valence-corrected chi connectivity index (χ3v) is 2.29. The van der Waals surface area contributed by atoms with Crippen molar-refractivity contribution in [1.29, 1.82) is 0 Å². The summed E-state index contributed by atoms with van der Waals surface area (Å²) in [5.74, 6) is -1.77. The molecule has 0 aliphatic heterocycles. The second-order valence-electron chi connectivity index (χ2n) is 3.77. The summed E-state index contributed by atoms with van der Waals surface area (Å²) in [6.45, 7) is 0.549. The lowest BCUT2D eigenvalue weighted by atomic mass is 10.3. The summed E-state index contributed by atoms with van der Waals surface area (Å²) in [6.07, 6.45) is -4.23. The average molecular weight is 297 g/mol. The minimum Gasteiger partial charge on any atom is -0.476 e. The predicted molar refractivity (Wildman–Crippen MR) is 59.3 cm³/mol. The first-order valence-electron chi connectivity index (χ1n) is 5.68. The monoisotopic (exact) mass is 297 g/mol. The minimum atomic E-state index is -4.84. The molecule has 0 fully saturated rings. The molecule has 0 saturated carbocycles. The van der Waals surface area contributed by atoms with E-state index in [9.17, 15) is 18.0 Å². The molecule has 0 bridgehead atoms. The van der Waals surface area contributed by atoms with Crippen molar-refractivity contribution >= 4 is 5.97 Å². The van der Waals surface area contributed by atoms with Crippen molar-refractivity contribution in [2.45, 2.75) is 19.1 Å². The van der Waals surface area contributed by atoms with Gasteiger partial charge in [0.2, 0.25) is 5.69 Å². The van der Waals surface area contributed by atoms with Gasteiger partial charge in [-0.15, -0.1) is 5.10 Å². The summed E-state index contributed by atoms with van der Waals surface area (Å²) in [6, 6.07) is 0. The molecule has 0 unspecified atom stereocenters. The quantitative estimate of drug-likeness (QED) is 0.722. The topological polar surface area (TPSA) is 86.5 Å². The van der Waals surface area contributed by atoms with Crippen LogP contribution in [0.2, 0.25) is 0 Å². The molecule has 1 aromatic rings. The highest BCUT2D eigenvalue weighted by Crippen LogP contribution is 2.30. The van der Waals surface area contributed by atoms with Crippen molar-refractivity contribution in [1.82, 2.24) is 15.0 Å². The van der Waals surface area contributed by atoms with Gasteiger partial charge in [-0.3, -0.25) is 0 Å². The van der Waals surface area contributed by atoms with E-state index in [1.165, 1.54) is 7.11 Å². The van der Waals surface area contributed by atoms with Crippen molar-refractivity contribution in [2.75, 3.05) is 26.9 Å². The molecule has 1 heterocycles. The fourth-order valence-corrected chi connectivity index (χ4v) is 1.45. The second kappa shape index (κ2) is 7.20. The molecule has 0 saturated heterocycles. The van der Waals surface area contributed by atoms with Crippen LogP contribution in [0.15, 0.2) is 0 Å². The number of aromatic carboxylic acids is 1. The van der Waals surface area contributed by atoms with E-state index in [4.69, 9.17) is 14.6 Å². The van der Waals surface area contributed by atoms with E-state index in [0.717, 1.165) is 0 Å². The first-order chi connectivity index (χ1) is 9.38. The van der Waals surface area contributed by atoms with Crippen molar-refractivity contribution in [2.24, 2.45) is 0 Å². The van der Waals surface area contributed by atoms with Gasteiger partial charge in [0.15, 0.2) is 5.69 Å². The van der Waals surface area contributed by atoms with Crippen LogP contribution >= 0.6 is 0 Å². The summed E-state index contributed by atoms with van der Waals surface area (Å²) >= 11 is 0. The molecule has 20 heavy (non-hydrogen) atoms. The van der Waals surface area contributed by atoms with Crippen molar-refractivity contribution in [3.8, 4) is 0 Å². The molecular weight excluding hydrogens is 283 g/mol. The van der Waals surface area contributed by atoms with Gasteiger partial charge in [0.05, 0.1) is 13.2 Å². The fourth-order valence-electron chi connectivity index (χ4n) is 1.45. The summed E-state index contributed by atoms with van der Waals surface area (Å²) in [7, 11) is 1.53. The zero-order valence-corrected chi connectivity index (χ0v) is 10.7. The molecule has 0 aliphatic carbocycles. The number of aromatic nitrogens is 3. The van der Waals surface area contributed by atoms with Gasteiger partial charge in [-0.2, -0.15) is 13.2 Å². The van der Waals surface area contributed by atoms with E-state index in [0.29, 0.717) is 24.3 Å². The Hall–Kier alpha value is -1.68.